The Labute approximate surface area is 143 Å². The molecule has 0 bridgehead atoms. The van der Waals surface area contributed by atoms with Crippen molar-refractivity contribution in [2.75, 3.05) is 38.1 Å². The lowest BCUT2D eigenvalue weighted by molar-refractivity contribution is -0.384. The smallest absolute Gasteiger partial charge is 0.271 e. The van der Waals surface area contributed by atoms with Gasteiger partial charge in [0.25, 0.3) is 5.69 Å². The standard InChI is InChI=1S/C15H21N5O2.C2H6/c1-11(2)19-14-10-12(20(21)22)4-5-13(14)16-15(19)18-8-6-17(3)7-9-18;1-2/h4-5,10-11H,6-9H2,1-3H3;1-2H3. The highest BCUT2D eigenvalue weighted by Crippen LogP contribution is 2.29. The number of piperazine rings is 1. The van der Waals surface area contributed by atoms with E-state index >= 15 is 0 Å². The maximum Gasteiger partial charge on any atom is 0.271 e. The van der Waals surface area contributed by atoms with Crippen LogP contribution in [0.25, 0.3) is 11.0 Å². The van der Waals surface area contributed by atoms with Gasteiger partial charge < -0.3 is 14.4 Å². The minimum atomic E-state index is -0.355. The number of nitrogens with zero attached hydrogens (tertiary/aromatic N) is 5. The number of rotatable bonds is 3. The molecule has 7 heteroatoms. The molecule has 1 fully saturated rings. The van der Waals surface area contributed by atoms with E-state index in [0.717, 1.165) is 43.2 Å². The summed E-state index contributed by atoms with van der Waals surface area (Å²) in [7, 11) is 2.12. The Balaban J connectivity index is 0.00000100. The van der Waals surface area contributed by atoms with Gasteiger partial charge in [0.1, 0.15) is 0 Å². The molecule has 132 valence electrons. The van der Waals surface area contributed by atoms with Crippen LogP contribution in [0.2, 0.25) is 0 Å². The van der Waals surface area contributed by atoms with Crippen molar-refractivity contribution in [1.82, 2.24) is 14.5 Å². The summed E-state index contributed by atoms with van der Waals surface area (Å²) in [5, 5.41) is 11.0. The second-order valence-electron chi connectivity index (χ2n) is 6.10. The Hall–Kier alpha value is -2.15. The first-order valence-corrected chi connectivity index (χ1v) is 8.57. The molecule has 0 N–H and O–H groups in total. The van der Waals surface area contributed by atoms with E-state index in [0.29, 0.717) is 0 Å². The number of nitro benzene ring substituents is 1. The van der Waals surface area contributed by atoms with E-state index in [1.165, 1.54) is 6.07 Å². The number of benzene rings is 1. The molecule has 24 heavy (non-hydrogen) atoms. The van der Waals surface area contributed by atoms with Crippen molar-refractivity contribution in [3.63, 3.8) is 0 Å². The van der Waals surface area contributed by atoms with Crippen LogP contribution in [0.15, 0.2) is 18.2 Å². The van der Waals surface area contributed by atoms with Crippen molar-refractivity contribution >= 4 is 22.7 Å². The lowest BCUT2D eigenvalue weighted by Gasteiger charge is -2.34. The Morgan fingerprint density at radius 3 is 2.33 bits per heavy atom. The second-order valence-corrected chi connectivity index (χ2v) is 6.10. The predicted octanol–water partition coefficient (Wildman–Crippen LogP) is 3.30. The molecule has 1 aromatic heterocycles. The van der Waals surface area contributed by atoms with Crippen LogP contribution in [0.5, 0.6) is 0 Å². The third-order valence-corrected chi connectivity index (χ3v) is 4.17. The van der Waals surface area contributed by atoms with Crippen LogP contribution in [0.3, 0.4) is 0 Å². The topological polar surface area (TPSA) is 67.4 Å². The number of aromatic nitrogens is 2. The molecule has 3 rings (SSSR count). The van der Waals surface area contributed by atoms with Crippen LogP contribution in [0, 0.1) is 10.1 Å². The molecule has 0 saturated carbocycles. The lowest BCUT2D eigenvalue weighted by atomic mass is 10.2. The number of anilines is 1. The monoisotopic (exact) mass is 333 g/mol. The fourth-order valence-corrected chi connectivity index (χ4v) is 2.92. The molecule has 1 aliphatic heterocycles. The van der Waals surface area contributed by atoms with E-state index in [-0.39, 0.29) is 16.7 Å². The van der Waals surface area contributed by atoms with Crippen LogP contribution in [-0.4, -0.2) is 52.6 Å². The molecule has 0 atom stereocenters. The van der Waals surface area contributed by atoms with Gasteiger partial charge in [-0.2, -0.15) is 0 Å². The fourth-order valence-electron chi connectivity index (χ4n) is 2.92. The van der Waals surface area contributed by atoms with Gasteiger partial charge in [-0.3, -0.25) is 10.1 Å². The number of non-ortho nitro benzene ring substituents is 1. The summed E-state index contributed by atoms with van der Waals surface area (Å²) in [5.74, 6) is 0.915. The first kappa shape index (κ1) is 18.2. The number of likely N-dealkylation sites (N-methyl/N-ethyl adjacent to an activating group) is 1. The zero-order valence-electron chi connectivity index (χ0n) is 15.2. The first-order chi connectivity index (χ1) is 11.5. The highest BCUT2D eigenvalue weighted by Gasteiger charge is 2.23. The third kappa shape index (κ3) is 3.51. The van der Waals surface area contributed by atoms with Gasteiger partial charge in [0, 0.05) is 44.4 Å². The molecular formula is C17H27N5O2. The molecule has 0 aliphatic carbocycles. The van der Waals surface area contributed by atoms with Gasteiger partial charge in [-0.15, -0.1) is 0 Å². The number of hydrogen-bond acceptors (Lipinski definition) is 5. The fraction of sp³-hybridized carbons (Fsp3) is 0.588. The molecule has 0 amide bonds. The van der Waals surface area contributed by atoms with Gasteiger partial charge in [0.2, 0.25) is 5.95 Å². The molecule has 1 aliphatic rings. The van der Waals surface area contributed by atoms with Crippen molar-refractivity contribution in [1.29, 1.82) is 0 Å². The van der Waals surface area contributed by atoms with Crippen LogP contribution < -0.4 is 4.90 Å². The van der Waals surface area contributed by atoms with Gasteiger partial charge in [0.15, 0.2) is 0 Å². The number of fused-ring (bicyclic) bond motifs is 1. The Morgan fingerprint density at radius 2 is 1.79 bits per heavy atom. The maximum absolute atomic E-state index is 11.0. The highest BCUT2D eigenvalue weighted by atomic mass is 16.6. The van der Waals surface area contributed by atoms with E-state index in [1.54, 1.807) is 12.1 Å². The molecule has 1 aromatic carbocycles. The van der Waals surface area contributed by atoms with Crippen LogP contribution in [0.1, 0.15) is 33.7 Å². The molecule has 0 spiro atoms. The quantitative estimate of drug-likeness (QED) is 0.637. The summed E-state index contributed by atoms with van der Waals surface area (Å²) in [6.07, 6.45) is 0. The van der Waals surface area contributed by atoms with Crippen LogP contribution in [0.4, 0.5) is 11.6 Å². The molecule has 7 nitrogen and oxygen atoms in total. The maximum atomic E-state index is 11.0. The molecule has 0 unspecified atom stereocenters. The zero-order valence-corrected chi connectivity index (χ0v) is 15.2. The SMILES string of the molecule is CC.CC(C)n1c(N2CCN(C)CC2)nc2ccc([N+](=O)[O-])cc21. The zero-order chi connectivity index (χ0) is 17.9. The summed E-state index contributed by atoms with van der Waals surface area (Å²) in [6, 6.07) is 5.09. The van der Waals surface area contributed by atoms with Gasteiger partial charge >= 0.3 is 0 Å². The minimum absolute atomic E-state index is 0.110. The van der Waals surface area contributed by atoms with Crippen molar-refractivity contribution in [2.45, 2.75) is 33.7 Å². The summed E-state index contributed by atoms with van der Waals surface area (Å²) in [6.45, 7) is 12.0. The summed E-state index contributed by atoms with van der Waals surface area (Å²) in [4.78, 5) is 20.0. The molecule has 2 aromatic rings. The number of nitro groups is 1. The van der Waals surface area contributed by atoms with Gasteiger partial charge in [-0.1, -0.05) is 13.8 Å². The molecule has 1 saturated heterocycles. The van der Waals surface area contributed by atoms with E-state index in [4.69, 9.17) is 4.98 Å². The van der Waals surface area contributed by atoms with E-state index in [2.05, 4.69) is 35.3 Å². The van der Waals surface area contributed by atoms with Crippen molar-refractivity contribution in [3.8, 4) is 0 Å². The Kier molecular flexibility index (Phi) is 5.77. The third-order valence-electron chi connectivity index (χ3n) is 4.17. The average Bonchev–Trinajstić information content (AvgIpc) is 2.96. The van der Waals surface area contributed by atoms with Crippen molar-refractivity contribution in [3.05, 3.63) is 28.3 Å². The summed E-state index contributed by atoms with van der Waals surface area (Å²) >= 11 is 0. The highest BCUT2D eigenvalue weighted by molar-refractivity contribution is 5.81. The van der Waals surface area contributed by atoms with E-state index < -0.39 is 0 Å². The summed E-state index contributed by atoms with van der Waals surface area (Å²) in [5.41, 5.74) is 1.76. The molecule has 0 radical (unpaired) electrons. The number of imidazole rings is 1. The molecular weight excluding hydrogens is 306 g/mol. The predicted molar refractivity (Wildman–Crippen MR) is 97.8 cm³/mol. The van der Waals surface area contributed by atoms with Crippen LogP contribution in [-0.2, 0) is 0 Å². The number of hydrogen-bond donors (Lipinski definition) is 0. The average molecular weight is 333 g/mol. The van der Waals surface area contributed by atoms with Gasteiger partial charge in [-0.25, -0.2) is 4.98 Å². The Bertz CT molecular complexity index is 702. The van der Waals surface area contributed by atoms with E-state index in [9.17, 15) is 10.1 Å². The van der Waals surface area contributed by atoms with E-state index in [1.807, 2.05) is 13.8 Å². The second kappa shape index (κ2) is 7.61. The normalized spacial score (nSPS) is 15.5. The minimum Gasteiger partial charge on any atom is -0.340 e. The van der Waals surface area contributed by atoms with Gasteiger partial charge in [-0.05, 0) is 27.0 Å². The lowest BCUT2D eigenvalue weighted by Crippen LogP contribution is -2.45. The van der Waals surface area contributed by atoms with Crippen molar-refractivity contribution in [2.24, 2.45) is 0 Å². The summed E-state index contributed by atoms with van der Waals surface area (Å²) < 4.78 is 2.10. The van der Waals surface area contributed by atoms with Crippen molar-refractivity contribution < 1.29 is 4.92 Å². The molecule has 2 heterocycles. The first-order valence-electron chi connectivity index (χ1n) is 8.57. The van der Waals surface area contributed by atoms with Gasteiger partial charge in [0.05, 0.1) is 16.0 Å². The van der Waals surface area contributed by atoms with Crippen LogP contribution >= 0.6 is 0 Å². The largest absolute Gasteiger partial charge is 0.340 e. The Morgan fingerprint density at radius 1 is 1.17 bits per heavy atom.